The van der Waals surface area contributed by atoms with Gasteiger partial charge in [0.25, 0.3) is 0 Å². The third-order valence-corrected chi connectivity index (χ3v) is 7.43. The summed E-state index contributed by atoms with van der Waals surface area (Å²) in [6, 6.07) is 32.1. The van der Waals surface area contributed by atoms with Crippen molar-refractivity contribution in [1.29, 1.82) is 0 Å². The van der Waals surface area contributed by atoms with E-state index in [1.807, 2.05) is 0 Å². The zero-order chi connectivity index (χ0) is 21.3. The summed E-state index contributed by atoms with van der Waals surface area (Å²) >= 11 is 0. The van der Waals surface area contributed by atoms with E-state index in [0.717, 1.165) is 0 Å². The van der Waals surface area contributed by atoms with Crippen molar-refractivity contribution in [3.05, 3.63) is 118 Å². The van der Waals surface area contributed by atoms with Gasteiger partial charge in [-0.1, -0.05) is 113 Å². The zero-order valence-electron chi connectivity index (χ0n) is 18.7. The SMILES string of the molecule is CC(C)c1cccc2c1C1(c3ccccc3-2)c2ccccc2-c2cccc(C(C)C)c21. The van der Waals surface area contributed by atoms with Crippen LogP contribution >= 0.6 is 0 Å². The summed E-state index contributed by atoms with van der Waals surface area (Å²) < 4.78 is 0. The van der Waals surface area contributed by atoms with Gasteiger partial charge < -0.3 is 0 Å². The van der Waals surface area contributed by atoms with E-state index in [-0.39, 0.29) is 5.41 Å². The molecule has 2 aliphatic carbocycles. The molecule has 0 nitrogen and oxygen atoms in total. The second-order valence-electron chi connectivity index (χ2n) is 9.69. The van der Waals surface area contributed by atoms with Crippen LogP contribution in [0.5, 0.6) is 0 Å². The summed E-state index contributed by atoms with van der Waals surface area (Å²) in [5.74, 6) is 0.923. The van der Waals surface area contributed by atoms with E-state index in [2.05, 4.69) is 113 Å². The van der Waals surface area contributed by atoms with Crippen molar-refractivity contribution in [2.24, 2.45) is 0 Å². The fourth-order valence-corrected chi connectivity index (χ4v) is 6.29. The van der Waals surface area contributed by atoms with Gasteiger partial charge in [0.05, 0.1) is 5.41 Å². The number of hydrogen-bond acceptors (Lipinski definition) is 0. The van der Waals surface area contributed by atoms with Gasteiger partial charge in [-0.3, -0.25) is 0 Å². The molecular weight excluding hydrogens is 372 g/mol. The maximum Gasteiger partial charge on any atom is 0.0731 e. The number of fused-ring (bicyclic) bond motifs is 10. The van der Waals surface area contributed by atoms with Crippen LogP contribution in [0.2, 0.25) is 0 Å². The fourth-order valence-electron chi connectivity index (χ4n) is 6.29. The van der Waals surface area contributed by atoms with Gasteiger partial charge in [-0.2, -0.15) is 0 Å². The van der Waals surface area contributed by atoms with Crippen LogP contribution in [0.1, 0.15) is 72.9 Å². The van der Waals surface area contributed by atoms with Gasteiger partial charge in [0, 0.05) is 0 Å². The lowest BCUT2D eigenvalue weighted by Gasteiger charge is -2.35. The predicted octanol–water partition coefficient (Wildman–Crippen LogP) is 8.28. The number of hydrogen-bond donors (Lipinski definition) is 0. The van der Waals surface area contributed by atoms with Crippen LogP contribution in [0.4, 0.5) is 0 Å². The van der Waals surface area contributed by atoms with Crippen molar-refractivity contribution in [1.82, 2.24) is 0 Å². The third-order valence-electron chi connectivity index (χ3n) is 7.43. The van der Waals surface area contributed by atoms with Crippen LogP contribution in [0, 0.1) is 0 Å². The first-order valence-electron chi connectivity index (χ1n) is 11.5. The molecule has 0 amide bonds. The monoisotopic (exact) mass is 400 g/mol. The highest BCUT2D eigenvalue weighted by atomic mass is 14.5. The Morgan fingerprint density at radius 3 is 1.26 bits per heavy atom. The average Bonchev–Trinajstić information content (AvgIpc) is 3.26. The molecule has 0 radical (unpaired) electrons. The maximum absolute atomic E-state index is 2.38. The minimum atomic E-state index is -0.237. The molecule has 4 aromatic carbocycles. The van der Waals surface area contributed by atoms with E-state index in [4.69, 9.17) is 0 Å². The Hall–Kier alpha value is -3.12. The second kappa shape index (κ2) is 6.44. The van der Waals surface area contributed by atoms with Crippen molar-refractivity contribution < 1.29 is 0 Å². The van der Waals surface area contributed by atoms with Gasteiger partial charge in [0.15, 0.2) is 0 Å². The van der Waals surface area contributed by atoms with Crippen molar-refractivity contribution in [3.63, 3.8) is 0 Å². The maximum atomic E-state index is 2.38. The topological polar surface area (TPSA) is 0 Å². The van der Waals surface area contributed by atoms with Crippen LogP contribution < -0.4 is 0 Å². The highest BCUT2D eigenvalue weighted by Crippen LogP contribution is 2.65. The minimum Gasteiger partial charge on any atom is -0.0619 e. The van der Waals surface area contributed by atoms with Gasteiger partial charge >= 0.3 is 0 Å². The Morgan fingerprint density at radius 1 is 0.452 bits per heavy atom. The largest absolute Gasteiger partial charge is 0.0731 e. The highest BCUT2D eigenvalue weighted by Gasteiger charge is 2.53. The summed E-state index contributed by atoms with van der Waals surface area (Å²) in [6.45, 7) is 9.34. The lowest BCUT2D eigenvalue weighted by molar-refractivity contribution is 0.725. The molecular formula is C31H28. The number of rotatable bonds is 2. The van der Waals surface area contributed by atoms with Crippen molar-refractivity contribution in [2.45, 2.75) is 44.9 Å². The molecule has 4 aromatic rings. The van der Waals surface area contributed by atoms with E-state index in [0.29, 0.717) is 11.8 Å². The summed E-state index contributed by atoms with van der Waals surface area (Å²) in [4.78, 5) is 0. The predicted molar refractivity (Wildman–Crippen MR) is 131 cm³/mol. The first-order valence-corrected chi connectivity index (χ1v) is 11.5. The number of benzene rings is 4. The van der Waals surface area contributed by atoms with E-state index in [1.54, 1.807) is 0 Å². The quantitative estimate of drug-likeness (QED) is 0.274. The van der Waals surface area contributed by atoms with Crippen molar-refractivity contribution in [3.8, 4) is 22.3 Å². The molecule has 0 saturated heterocycles. The first-order chi connectivity index (χ1) is 15.1. The van der Waals surface area contributed by atoms with E-state index in [1.165, 1.54) is 55.6 Å². The molecule has 0 fully saturated rings. The molecule has 0 N–H and O–H groups in total. The molecule has 1 spiro atoms. The van der Waals surface area contributed by atoms with Crippen LogP contribution in [-0.2, 0) is 5.41 Å². The standard InChI is InChI=1S/C31H28/c1-19(2)21-13-9-15-25-23-11-5-7-17-27(23)31(29(21)25)28-18-8-6-12-24(28)26-16-10-14-22(20(3)4)30(26)31/h5-20H,1-4H3. The minimum absolute atomic E-state index is 0.237. The summed E-state index contributed by atoms with van der Waals surface area (Å²) in [5.41, 5.74) is 14.2. The summed E-state index contributed by atoms with van der Waals surface area (Å²) in [7, 11) is 0. The Bertz CT molecular complexity index is 1230. The lowest BCUT2D eigenvalue weighted by atomic mass is 9.66. The van der Waals surface area contributed by atoms with Crippen molar-refractivity contribution >= 4 is 0 Å². The molecule has 6 rings (SSSR count). The van der Waals surface area contributed by atoms with Gasteiger partial charge in [-0.15, -0.1) is 0 Å². The second-order valence-corrected chi connectivity index (χ2v) is 9.69. The molecule has 2 aliphatic rings. The lowest BCUT2D eigenvalue weighted by Crippen LogP contribution is -2.29. The van der Waals surface area contributed by atoms with Gasteiger partial charge in [0.2, 0.25) is 0 Å². The first kappa shape index (κ1) is 18.6. The molecule has 0 aromatic heterocycles. The van der Waals surface area contributed by atoms with Crippen LogP contribution in [0.25, 0.3) is 22.3 Å². The average molecular weight is 401 g/mol. The molecule has 0 atom stereocenters. The molecule has 0 heteroatoms. The van der Waals surface area contributed by atoms with E-state index < -0.39 is 0 Å². The summed E-state index contributed by atoms with van der Waals surface area (Å²) in [6.07, 6.45) is 0. The Labute approximate surface area is 185 Å². The fraction of sp³-hybridized carbons (Fsp3) is 0.226. The van der Waals surface area contributed by atoms with E-state index in [9.17, 15) is 0 Å². The molecule has 0 aliphatic heterocycles. The Balaban J connectivity index is 1.90. The van der Waals surface area contributed by atoms with Crippen LogP contribution in [-0.4, -0.2) is 0 Å². The molecule has 152 valence electrons. The molecule has 0 saturated carbocycles. The van der Waals surface area contributed by atoms with Crippen LogP contribution in [0.3, 0.4) is 0 Å². The molecule has 0 bridgehead atoms. The smallest absolute Gasteiger partial charge is 0.0619 e. The molecule has 31 heavy (non-hydrogen) atoms. The van der Waals surface area contributed by atoms with Crippen molar-refractivity contribution in [2.75, 3.05) is 0 Å². The van der Waals surface area contributed by atoms with Crippen LogP contribution in [0.15, 0.2) is 84.9 Å². The Morgan fingerprint density at radius 2 is 0.839 bits per heavy atom. The summed E-state index contributed by atoms with van der Waals surface area (Å²) in [5, 5.41) is 0. The third kappa shape index (κ3) is 2.20. The van der Waals surface area contributed by atoms with Gasteiger partial charge in [0.1, 0.15) is 0 Å². The normalized spacial score (nSPS) is 14.6. The van der Waals surface area contributed by atoms with Gasteiger partial charge in [-0.05, 0) is 67.5 Å². The highest BCUT2D eigenvalue weighted by molar-refractivity contribution is 5.96. The molecule has 0 unspecified atom stereocenters. The Kier molecular flexibility index (Phi) is 3.87. The zero-order valence-corrected chi connectivity index (χ0v) is 18.7. The van der Waals surface area contributed by atoms with Gasteiger partial charge in [-0.25, -0.2) is 0 Å². The van der Waals surface area contributed by atoms with E-state index >= 15 is 0 Å². The molecule has 0 heterocycles.